The van der Waals surface area contributed by atoms with Gasteiger partial charge < -0.3 is 14.8 Å². The highest BCUT2D eigenvalue weighted by atomic mass is 35.5. The number of rotatable bonds is 5. The van der Waals surface area contributed by atoms with Crippen LogP contribution in [0.4, 0.5) is 0 Å². The number of thiophene rings is 1. The van der Waals surface area contributed by atoms with Gasteiger partial charge in [0.1, 0.15) is 0 Å². The fourth-order valence-corrected chi connectivity index (χ4v) is 2.44. The maximum Gasteiger partial charge on any atom is 0.328 e. The number of nitrogens with one attached hydrogen (secondary N) is 1. The average molecular weight is 312 g/mol. The Morgan fingerprint density at radius 2 is 2.20 bits per heavy atom. The predicted octanol–water partition coefficient (Wildman–Crippen LogP) is 3.02. The molecule has 0 saturated heterocycles. The molecule has 20 heavy (non-hydrogen) atoms. The molecule has 7 heteroatoms. The topological polar surface area (TPSA) is 79.5 Å². The lowest BCUT2D eigenvalue weighted by Gasteiger charge is -2.02. The van der Waals surface area contributed by atoms with Crippen molar-refractivity contribution < 1.29 is 19.1 Å². The number of furan rings is 1. The van der Waals surface area contributed by atoms with Gasteiger partial charge in [0.05, 0.1) is 6.54 Å². The quantitative estimate of drug-likeness (QED) is 0.832. The van der Waals surface area contributed by atoms with Crippen LogP contribution in [0.2, 0.25) is 5.22 Å². The summed E-state index contributed by atoms with van der Waals surface area (Å²) >= 11 is 7.02. The number of aliphatic carboxylic acids is 1. The summed E-state index contributed by atoms with van der Waals surface area (Å²) in [7, 11) is 0. The number of halogens is 1. The minimum Gasteiger partial charge on any atom is -0.478 e. The lowest BCUT2D eigenvalue weighted by molar-refractivity contribution is -0.131. The third-order valence-corrected chi connectivity index (χ3v) is 3.53. The van der Waals surface area contributed by atoms with E-state index in [0.29, 0.717) is 0 Å². The summed E-state index contributed by atoms with van der Waals surface area (Å²) in [6, 6.07) is 4.76. The monoisotopic (exact) mass is 311 g/mol. The van der Waals surface area contributed by atoms with Crippen LogP contribution in [0.15, 0.2) is 34.1 Å². The SMILES string of the molecule is O=C(O)/C=C/c1ccsc1CNC(=O)c1ccc(Cl)o1. The van der Waals surface area contributed by atoms with E-state index in [0.717, 1.165) is 16.5 Å². The van der Waals surface area contributed by atoms with Gasteiger partial charge in [0.2, 0.25) is 0 Å². The highest BCUT2D eigenvalue weighted by molar-refractivity contribution is 7.10. The van der Waals surface area contributed by atoms with Gasteiger partial charge in [0.25, 0.3) is 5.91 Å². The Morgan fingerprint density at radius 3 is 2.85 bits per heavy atom. The van der Waals surface area contributed by atoms with E-state index in [4.69, 9.17) is 21.1 Å². The molecule has 2 heterocycles. The predicted molar refractivity (Wildman–Crippen MR) is 75.9 cm³/mol. The first-order chi connectivity index (χ1) is 9.56. The van der Waals surface area contributed by atoms with Crippen molar-refractivity contribution in [1.29, 1.82) is 0 Å². The number of carboxylic acid groups (broad SMARTS) is 1. The molecule has 0 bridgehead atoms. The molecule has 2 rings (SSSR count). The zero-order chi connectivity index (χ0) is 14.5. The zero-order valence-electron chi connectivity index (χ0n) is 10.1. The van der Waals surface area contributed by atoms with Crippen LogP contribution in [0, 0.1) is 0 Å². The first-order valence-corrected chi connectivity index (χ1v) is 6.83. The second-order valence-electron chi connectivity index (χ2n) is 3.76. The molecule has 0 aliphatic carbocycles. The Morgan fingerprint density at radius 1 is 1.40 bits per heavy atom. The van der Waals surface area contributed by atoms with E-state index in [1.165, 1.54) is 29.5 Å². The van der Waals surface area contributed by atoms with Crippen molar-refractivity contribution in [2.24, 2.45) is 0 Å². The summed E-state index contributed by atoms with van der Waals surface area (Å²) < 4.78 is 4.99. The van der Waals surface area contributed by atoms with Crippen LogP contribution in [0.5, 0.6) is 0 Å². The van der Waals surface area contributed by atoms with Gasteiger partial charge in [-0.3, -0.25) is 4.79 Å². The van der Waals surface area contributed by atoms with Gasteiger partial charge >= 0.3 is 5.97 Å². The van der Waals surface area contributed by atoms with E-state index in [-0.39, 0.29) is 23.4 Å². The van der Waals surface area contributed by atoms with E-state index in [9.17, 15) is 9.59 Å². The van der Waals surface area contributed by atoms with Gasteiger partial charge in [-0.1, -0.05) is 0 Å². The minimum atomic E-state index is -1.02. The summed E-state index contributed by atoms with van der Waals surface area (Å²) in [5.74, 6) is -1.26. The van der Waals surface area contributed by atoms with Crippen molar-refractivity contribution in [1.82, 2.24) is 5.32 Å². The molecule has 0 fully saturated rings. The molecular weight excluding hydrogens is 302 g/mol. The molecule has 0 spiro atoms. The Labute approximate surface area is 123 Å². The number of carbonyl (C=O) groups is 2. The van der Waals surface area contributed by atoms with Gasteiger partial charge in [-0.2, -0.15) is 0 Å². The summed E-state index contributed by atoms with van der Waals surface area (Å²) in [4.78, 5) is 23.1. The molecule has 0 atom stereocenters. The highest BCUT2D eigenvalue weighted by Gasteiger charge is 2.11. The highest BCUT2D eigenvalue weighted by Crippen LogP contribution is 2.19. The largest absolute Gasteiger partial charge is 0.478 e. The lowest BCUT2D eigenvalue weighted by atomic mass is 10.2. The fraction of sp³-hybridized carbons (Fsp3) is 0.0769. The Balaban J connectivity index is 1.99. The molecule has 2 N–H and O–H groups in total. The van der Waals surface area contributed by atoms with E-state index < -0.39 is 5.97 Å². The molecule has 2 aromatic rings. The number of hydrogen-bond acceptors (Lipinski definition) is 4. The van der Waals surface area contributed by atoms with Crippen LogP contribution in [-0.4, -0.2) is 17.0 Å². The Hall–Kier alpha value is -2.05. The maximum absolute atomic E-state index is 11.8. The molecule has 0 aliphatic heterocycles. The van der Waals surface area contributed by atoms with Crippen LogP contribution >= 0.6 is 22.9 Å². The molecule has 0 unspecified atom stereocenters. The van der Waals surface area contributed by atoms with Gasteiger partial charge in [-0.15, -0.1) is 11.3 Å². The lowest BCUT2D eigenvalue weighted by Crippen LogP contribution is -2.22. The van der Waals surface area contributed by atoms with E-state index in [1.807, 2.05) is 5.38 Å². The molecule has 104 valence electrons. The summed E-state index contributed by atoms with van der Waals surface area (Å²) in [6.45, 7) is 0.286. The molecule has 2 aromatic heterocycles. The van der Waals surface area contributed by atoms with Gasteiger partial charge in [0, 0.05) is 11.0 Å². The third-order valence-electron chi connectivity index (χ3n) is 2.39. The van der Waals surface area contributed by atoms with Crippen LogP contribution in [0.25, 0.3) is 6.08 Å². The minimum absolute atomic E-state index is 0.134. The molecule has 1 amide bonds. The first kappa shape index (κ1) is 14.4. The third kappa shape index (κ3) is 3.72. The average Bonchev–Trinajstić information content (AvgIpc) is 3.02. The van der Waals surface area contributed by atoms with Gasteiger partial charge in [0.15, 0.2) is 11.0 Å². The van der Waals surface area contributed by atoms with Crippen molar-refractivity contribution >= 4 is 40.9 Å². The van der Waals surface area contributed by atoms with E-state index in [1.54, 1.807) is 6.07 Å². The number of hydrogen-bond donors (Lipinski definition) is 2. The summed E-state index contributed by atoms with van der Waals surface area (Å²) in [6.07, 6.45) is 2.55. The van der Waals surface area contributed by atoms with Crippen molar-refractivity contribution in [3.8, 4) is 0 Å². The Bertz CT molecular complexity index is 659. The normalized spacial score (nSPS) is 10.8. The van der Waals surface area contributed by atoms with Gasteiger partial charge in [-0.05, 0) is 46.8 Å². The summed E-state index contributed by atoms with van der Waals surface area (Å²) in [5, 5.41) is 13.3. The van der Waals surface area contributed by atoms with E-state index in [2.05, 4.69) is 5.32 Å². The van der Waals surface area contributed by atoms with Crippen molar-refractivity contribution in [3.05, 3.63) is 51.1 Å². The second-order valence-corrected chi connectivity index (χ2v) is 5.13. The zero-order valence-corrected chi connectivity index (χ0v) is 11.7. The van der Waals surface area contributed by atoms with Crippen molar-refractivity contribution in [2.75, 3.05) is 0 Å². The van der Waals surface area contributed by atoms with E-state index >= 15 is 0 Å². The first-order valence-electron chi connectivity index (χ1n) is 5.57. The van der Waals surface area contributed by atoms with Crippen LogP contribution in [0.1, 0.15) is 21.0 Å². The molecular formula is C13H10ClNO4S. The maximum atomic E-state index is 11.8. The number of carbonyl (C=O) groups excluding carboxylic acids is 1. The van der Waals surface area contributed by atoms with Gasteiger partial charge in [-0.25, -0.2) is 4.79 Å². The van der Waals surface area contributed by atoms with Crippen LogP contribution < -0.4 is 5.32 Å². The molecule has 0 radical (unpaired) electrons. The standard InChI is InChI=1S/C13H10ClNO4S/c14-11-3-2-9(19-11)13(18)15-7-10-8(5-6-20-10)1-4-12(16)17/h1-6H,7H2,(H,15,18)(H,16,17)/b4-1+. The Kier molecular flexibility index (Phi) is 4.60. The van der Waals surface area contributed by atoms with Crippen molar-refractivity contribution in [2.45, 2.75) is 6.54 Å². The summed E-state index contributed by atoms with van der Waals surface area (Å²) in [5.41, 5.74) is 0.759. The number of carboxylic acids is 1. The van der Waals surface area contributed by atoms with Crippen LogP contribution in [-0.2, 0) is 11.3 Å². The van der Waals surface area contributed by atoms with Crippen molar-refractivity contribution in [3.63, 3.8) is 0 Å². The molecule has 0 aromatic carbocycles. The smallest absolute Gasteiger partial charge is 0.328 e. The van der Waals surface area contributed by atoms with Crippen LogP contribution in [0.3, 0.4) is 0 Å². The fourth-order valence-electron chi connectivity index (χ4n) is 1.49. The second kappa shape index (κ2) is 6.40. The number of amides is 1. The molecule has 5 nitrogen and oxygen atoms in total. The molecule has 0 aliphatic rings. The molecule has 0 saturated carbocycles.